The molecule has 5 nitrogen and oxygen atoms in total. The molecule has 3 rings (SSSR count). The fraction of sp³-hybridized carbons (Fsp3) is 0.211. The molecule has 1 aromatic heterocycles. The highest BCUT2D eigenvalue weighted by Gasteiger charge is 2.22. The Morgan fingerprint density at radius 1 is 1.12 bits per heavy atom. The van der Waals surface area contributed by atoms with Gasteiger partial charge in [-0.1, -0.05) is 36.4 Å². The summed E-state index contributed by atoms with van der Waals surface area (Å²) in [5.41, 5.74) is 2.28. The van der Waals surface area contributed by atoms with Crippen LogP contribution in [0.5, 0.6) is 0 Å². The first-order chi connectivity index (χ1) is 12.4. The van der Waals surface area contributed by atoms with Crippen molar-refractivity contribution in [1.82, 2.24) is 14.1 Å². The lowest BCUT2D eigenvalue weighted by molar-refractivity contribution is 0.465. The Kier molecular flexibility index (Phi) is 5.20. The van der Waals surface area contributed by atoms with E-state index in [2.05, 4.69) is 5.10 Å². The topological polar surface area (TPSA) is 55.2 Å². The van der Waals surface area contributed by atoms with Crippen LogP contribution in [0, 0.1) is 12.7 Å². The molecule has 0 radical (unpaired) electrons. The van der Waals surface area contributed by atoms with Gasteiger partial charge in [-0.25, -0.2) is 12.8 Å². The van der Waals surface area contributed by atoms with Crippen LogP contribution in [0.1, 0.15) is 16.7 Å². The number of hydrogen-bond donors (Lipinski definition) is 0. The van der Waals surface area contributed by atoms with Crippen LogP contribution in [-0.2, 0) is 23.1 Å². The zero-order chi connectivity index (χ0) is 18.7. The maximum Gasteiger partial charge on any atom is 0.243 e. The summed E-state index contributed by atoms with van der Waals surface area (Å²) in [5.74, 6) is -0.532. The molecule has 0 aliphatic carbocycles. The molecule has 0 saturated heterocycles. The fourth-order valence-corrected chi connectivity index (χ4v) is 3.77. The molecular weight excluding hydrogens is 353 g/mol. The largest absolute Gasteiger partial charge is 0.268 e. The van der Waals surface area contributed by atoms with Gasteiger partial charge in [0.2, 0.25) is 10.0 Å². The first-order valence-corrected chi connectivity index (χ1v) is 9.58. The summed E-state index contributed by atoms with van der Waals surface area (Å²) >= 11 is 0. The molecule has 3 aromatic rings. The van der Waals surface area contributed by atoms with E-state index in [1.165, 1.54) is 23.5 Å². The van der Waals surface area contributed by atoms with Crippen LogP contribution in [0.2, 0.25) is 0 Å². The van der Waals surface area contributed by atoms with Gasteiger partial charge in [-0.05, 0) is 30.2 Å². The summed E-state index contributed by atoms with van der Waals surface area (Å²) in [6, 6.07) is 13.8. The van der Waals surface area contributed by atoms with E-state index in [1.807, 2.05) is 36.5 Å². The highest BCUT2D eigenvalue weighted by atomic mass is 32.2. The van der Waals surface area contributed by atoms with Crippen molar-refractivity contribution in [3.8, 4) is 0 Å². The summed E-state index contributed by atoms with van der Waals surface area (Å²) in [7, 11) is -2.30. The monoisotopic (exact) mass is 373 g/mol. The van der Waals surface area contributed by atoms with Gasteiger partial charge in [-0.15, -0.1) is 0 Å². The summed E-state index contributed by atoms with van der Waals surface area (Å²) in [4.78, 5) is -0.0558. The first-order valence-electron chi connectivity index (χ1n) is 8.14. The highest BCUT2D eigenvalue weighted by Crippen LogP contribution is 2.19. The van der Waals surface area contributed by atoms with Crippen molar-refractivity contribution in [2.75, 3.05) is 7.05 Å². The van der Waals surface area contributed by atoms with Gasteiger partial charge in [-0.2, -0.15) is 9.40 Å². The number of sulfonamides is 1. The summed E-state index contributed by atoms with van der Waals surface area (Å²) in [6.07, 6.45) is 3.46. The summed E-state index contributed by atoms with van der Waals surface area (Å²) < 4.78 is 41.9. The second-order valence-electron chi connectivity index (χ2n) is 6.20. The van der Waals surface area contributed by atoms with E-state index in [1.54, 1.807) is 17.8 Å². The summed E-state index contributed by atoms with van der Waals surface area (Å²) in [5, 5.41) is 4.28. The number of halogens is 1. The molecule has 1 heterocycles. The third-order valence-electron chi connectivity index (χ3n) is 4.13. The lowest BCUT2D eigenvalue weighted by Gasteiger charge is -2.16. The Labute approximate surface area is 152 Å². The van der Waals surface area contributed by atoms with Crippen molar-refractivity contribution < 1.29 is 12.8 Å². The average molecular weight is 373 g/mol. The zero-order valence-corrected chi connectivity index (χ0v) is 15.4. The quantitative estimate of drug-likeness (QED) is 0.667. The average Bonchev–Trinajstić information content (AvgIpc) is 3.05. The molecule has 0 atom stereocenters. The van der Waals surface area contributed by atoms with Crippen molar-refractivity contribution >= 4 is 10.0 Å². The van der Waals surface area contributed by atoms with Crippen molar-refractivity contribution in [3.63, 3.8) is 0 Å². The van der Waals surface area contributed by atoms with Crippen LogP contribution < -0.4 is 0 Å². The highest BCUT2D eigenvalue weighted by molar-refractivity contribution is 7.89. The zero-order valence-electron chi connectivity index (χ0n) is 14.6. The summed E-state index contributed by atoms with van der Waals surface area (Å²) in [6.45, 7) is 2.36. The molecule has 0 unspecified atom stereocenters. The molecule has 0 saturated carbocycles. The van der Waals surface area contributed by atoms with Crippen molar-refractivity contribution in [2.24, 2.45) is 0 Å². The van der Waals surface area contributed by atoms with Gasteiger partial charge >= 0.3 is 0 Å². The third-order valence-corrected chi connectivity index (χ3v) is 5.93. The molecule has 0 aliphatic heterocycles. The maximum absolute atomic E-state index is 13.7. The normalized spacial score (nSPS) is 11.8. The van der Waals surface area contributed by atoms with Crippen LogP contribution in [0.4, 0.5) is 4.39 Å². The minimum atomic E-state index is -3.77. The van der Waals surface area contributed by atoms with Gasteiger partial charge in [0.25, 0.3) is 0 Å². The van der Waals surface area contributed by atoms with E-state index >= 15 is 0 Å². The van der Waals surface area contributed by atoms with Crippen LogP contribution in [0.25, 0.3) is 0 Å². The standard InChI is InChI=1S/C19H20FN3O2S/c1-15-8-9-18(10-19(15)20)26(24,25)22(2)12-17-11-21-23(14-17)13-16-6-4-3-5-7-16/h3-11,14H,12-13H2,1-2H3. The minimum absolute atomic E-state index is 0.0558. The Morgan fingerprint density at radius 3 is 2.54 bits per heavy atom. The minimum Gasteiger partial charge on any atom is -0.268 e. The van der Waals surface area contributed by atoms with Crippen molar-refractivity contribution in [2.45, 2.75) is 24.9 Å². The molecule has 0 spiro atoms. The molecule has 0 bridgehead atoms. The lowest BCUT2D eigenvalue weighted by atomic mass is 10.2. The van der Waals surface area contributed by atoms with Crippen LogP contribution >= 0.6 is 0 Å². The Balaban J connectivity index is 1.73. The van der Waals surface area contributed by atoms with Gasteiger partial charge in [0.1, 0.15) is 5.82 Å². The van der Waals surface area contributed by atoms with E-state index in [9.17, 15) is 12.8 Å². The third kappa shape index (κ3) is 4.00. The second-order valence-corrected chi connectivity index (χ2v) is 8.25. The predicted molar refractivity (Wildman–Crippen MR) is 97.6 cm³/mol. The van der Waals surface area contributed by atoms with E-state index in [0.717, 1.165) is 17.2 Å². The molecule has 0 amide bonds. The lowest BCUT2D eigenvalue weighted by Crippen LogP contribution is -2.26. The molecular formula is C19H20FN3O2S. The van der Waals surface area contributed by atoms with E-state index in [-0.39, 0.29) is 11.4 Å². The maximum atomic E-state index is 13.7. The van der Waals surface area contributed by atoms with E-state index in [0.29, 0.717) is 12.1 Å². The molecule has 2 aromatic carbocycles. The van der Waals surface area contributed by atoms with Crippen LogP contribution in [0.3, 0.4) is 0 Å². The molecule has 0 fully saturated rings. The van der Waals surface area contributed by atoms with Gasteiger partial charge in [0.05, 0.1) is 17.6 Å². The van der Waals surface area contributed by atoms with E-state index < -0.39 is 15.8 Å². The first kappa shape index (κ1) is 18.3. The molecule has 7 heteroatoms. The smallest absolute Gasteiger partial charge is 0.243 e. The van der Waals surface area contributed by atoms with Crippen LogP contribution in [-0.4, -0.2) is 29.6 Å². The second kappa shape index (κ2) is 7.39. The molecule has 136 valence electrons. The van der Waals surface area contributed by atoms with Gasteiger partial charge in [0.15, 0.2) is 0 Å². The van der Waals surface area contributed by atoms with Gasteiger partial charge in [-0.3, -0.25) is 4.68 Å². The number of benzene rings is 2. The van der Waals surface area contributed by atoms with Crippen molar-refractivity contribution in [3.05, 3.63) is 83.4 Å². The number of rotatable bonds is 6. The Hall–Kier alpha value is -2.51. The van der Waals surface area contributed by atoms with Gasteiger partial charge < -0.3 is 0 Å². The number of aryl methyl sites for hydroxylation is 1. The predicted octanol–water partition coefficient (Wildman–Crippen LogP) is 3.20. The SMILES string of the molecule is Cc1ccc(S(=O)(=O)N(C)Cc2cnn(Cc3ccccc3)c2)cc1F. The number of nitrogens with zero attached hydrogens (tertiary/aromatic N) is 3. The Morgan fingerprint density at radius 2 is 1.85 bits per heavy atom. The molecule has 0 N–H and O–H groups in total. The molecule has 26 heavy (non-hydrogen) atoms. The van der Waals surface area contributed by atoms with Crippen molar-refractivity contribution in [1.29, 1.82) is 0 Å². The van der Waals surface area contributed by atoms with Gasteiger partial charge in [0, 0.05) is 25.4 Å². The molecule has 0 aliphatic rings. The fourth-order valence-electron chi connectivity index (χ4n) is 2.60. The van der Waals surface area contributed by atoms with Crippen LogP contribution in [0.15, 0.2) is 65.8 Å². The number of hydrogen-bond acceptors (Lipinski definition) is 3. The van der Waals surface area contributed by atoms with E-state index in [4.69, 9.17) is 0 Å². The Bertz CT molecular complexity index is 1000. The number of aromatic nitrogens is 2.